The van der Waals surface area contributed by atoms with Gasteiger partial charge >= 0.3 is 0 Å². The summed E-state index contributed by atoms with van der Waals surface area (Å²) >= 11 is 6.10. The maximum Gasteiger partial charge on any atom is 0.255 e. The molecule has 6 nitrogen and oxygen atoms in total. The molecule has 3 rings (SSSR count). The third-order valence-electron chi connectivity index (χ3n) is 4.11. The lowest BCUT2D eigenvalue weighted by molar-refractivity contribution is 0.0725. The first-order chi connectivity index (χ1) is 11.7. The van der Waals surface area contributed by atoms with Gasteiger partial charge in [-0.3, -0.25) is 4.79 Å². The van der Waals surface area contributed by atoms with Crippen molar-refractivity contribution in [2.45, 2.75) is 39.2 Å². The third-order valence-corrected chi connectivity index (χ3v) is 4.35. The summed E-state index contributed by atoms with van der Waals surface area (Å²) in [6.07, 6.45) is 4.03. The molecule has 1 saturated heterocycles. The maximum atomic E-state index is 12.8. The topological polar surface area (TPSA) is 71.3 Å². The van der Waals surface area contributed by atoms with Crippen molar-refractivity contribution >= 4 is 23.2 Å². The van der Waals surface area contributed by atoms with E-state index in [1.165, 1.54) is 6.42 Å². The van der Waals surface area contributed by atoms with Gasteiger partial charge in [0.15, 0.2) is 5.82 Å². The number of nitrogens with zero attached hydrogens (tertiary/aromatic N) is 3. The molecule has 1 aliphatic heterocycles. The first-order valence-corrected chi connectivity index (χ1v) is 8.69. The lowest BCUT2D eigenvalue weighted by Crippen LogP contribution is -2.36. The van der Waals surface area contributed by atoms with Crippen molar-refractivity contribution in [3.05, 3.63) is 40.5 Å². The van der Waals surface area contributed by atoms with Gasteiger partial charge in [0, 0.05) is 30.2 Å². The van der Waals surface area contributed by atoms with Crippen LogP contribution in [0.1, 0.15) is 48.3 Å². The van der Waals surface area contributed by atoms with E-state index in [4.69, 9.17) is 16.1 Å². The van der Waals surface area contributed by atoms with Crippen LogP contribution >= 0.6 is 11.6 Å². The molecule has 0 spiro atoms. The molecule has 0 aliphatic carbocycles. The smallest absolute Gasteiger partial charge is 0.255 e. The predicted molar refractivity (Wildman–Crippen MR) is 92.2 cm³/mol. The highest BCUT2D eigenvalue weighted by atomic mass is 35.5. The third kappa shape index (κ3) is 3.87. The summed E-state index contributed by atoms with van der Waals surface area (Å²) in [5.74, 6) is 1.19. The number of nitrogens with one attached hydrogen (secondary N) is 1. The van der Waals surface area contributed by atoms with Crippen LogP contribution in [-0.4, -0.2) is 34.0 Å². The second-order valence-corrected chi connectivity index (χ2v) is 6.29. The van der Waals surface area contributed by atoms with Crippen molar-refractivity contribution in [3.8, 4) is 0 Å². The first-order valence-electron chi connectivity index (χ1n) is 8.31. The Kier molecular flexibility index (Phi) is 5.35. The molecular formula is C17H21ClN4O2. The molecular weight excluding hydrogens is 328 g/mol. The zero-order chi connectivity index (χ0) is 16.9. The molecule has 0 bridgehead atoms. The molecule has 1 aromatic heterocycles. The normalized spacial score (nSPS) is 14.7. The number of aryl methyl sites for hydroxylation is 1. The number of carbonyl (C=O) groups is 1. The Morgan fingerprint density at radius 1 is 1.33 bits per heavy atom. The highest BCUT2D eigenvalue weighted by molar-refractivity contribution is 6.31. The number of anilines is 1. The molecule has 0 radical (unpaired) electrons. The fraction of sp³-hybridized carbons (Fsp3) is 0.471. The van der Waals surface area contributed by atoms with Crippen molar-refractivity contribution in [1.29, 1.82) is 0 Å². The van der Waals surface area contributed by atoms with Gasteiger partial charge in [-0.1, -0.05) is 23.7 Å². The van der Waals surface area contributed by atoms with Crippen LogP contribution < -0.4 is 5.32 Å². The molecule has 24 heavy (non-hydrogen) atoms. The minimum Gasteiger partial charge on any atom is -0.375 e. The molecule has 0 saturated carbocycles. The Labute approximate surface area is 146 Å². The summed E-state index contributed by atoms with van der Waals surface area (Å²) in [5, 5.41) is 7.64. The number of amides is 1. The number of hydrogen-bond acceptors (Lipinski definition) is 5. The van der Waals surface area contributed by atoms with Crippen molar-refractivity contribution in [3.63, 3.8) is 0 Å². The Hall–Kier alpha value is -2.08. The van der Waals surface area contributed by atoms with E-state index in [-0.39, 0.29) is 5.91 Å². The van der Waals surface area contributed by atoms with Gasteiger partial charge in [-0.05, 0) is 37.5 Å². The summed E-state index contributed by atoms with van der Waals surface area (Å²) < 4.78 is 5.17. The van der Waals surface area contributed by atoms with Crippen molar-refractivity contribution < 1.29 is 9.32 Å². The van der Waals surface area contributed by atoms with Crippen LogP contribution in [0.25, 0.3) is 0 Å². The van der Waals surface area contributed by atoms with E-state index in [2.05, 4.69) is 15.5 Å². The lowest BCUT2D eigenvalue weighted by Gasteiger charge is -2.27. The van der Waals surface area contributed by atoms with E-state index < -0.39 is 0 Å². The predicted octanol–water partition coefficient (Wildman–Crippen LogP) is 3.52. The fourth-order valence-electron chi connectivity index (χ4n) is 2.79. The van der Waals surface area contributed by atoms with Crippen LogP contribution in [0.2, 0.25) is 5.02 Å². The minimum absolute atomic E-state index is 0.0358. The summed E-state index contributed by atoms with van der Waals surface area (Å²) in [6, 6.07) is 5.27. The van der Waals surface area contributed by atoms with Crippen LogP contribution in [0.15, 0.2) is 22.7 Å². The van der Waals surface area contributed by atoms with E-state index in [1.54, 1.807) is 18.2 Å². The Bertz CT molecular complexity index is 710. The van der Waals surface area contributed by atoms with Crippen molar-refractivity contribution in [1.82, 2.24) is 15.0 Å². The molecule has 1 fully saturated rings. The van der Waals surface area contributed by atoms with Gasteiger partial charge in [0.1, 0.15) is 0 Å². The van der Waals surface area contributed by atoms with E-state index >= 15 is 0 Å². The first kappa shape index (κ1) is 16.8. The summed E-state index contributed by atoms with van der Waals surface area (Å²) in [6.45, 7) is 3.94. The standard InChI is InChI=1S/C17H21ClN4O2/c1-2-15-20-16(24-21-15)11-19-14-10-12(18)6-7-13(14)17(23)22-8-4-3-5-9-22/h6-7,10,19H,2-5,8-9,11H2,1H3. The molecule has 1 N–H and O–H groups in total. The van der Waals surface area contributed by atoms with Gasteiger partial charge in [0.2, 0.25) is 5.89 Å². The van der Waals surface area contributed by atoms with Crippen LogP contribution in [0.3, 0.4) is 0 Å². The van der Waals surface area contributed by atoms with E-state index in [1.807, 2.05) is 11.8 Å². The van der Waals surface area contributed by atoms with E-state index in [0.717, 1.165) is 32.4 Å². The molecule has 2 aromatic rings. The molecule has 0 atom stereocenters. The van der Waals surface area contributed by atoms with Crippen LogP contribution in [0, 0.1) is 0 Å². The van der Waals surface area contributed by atoms with Gasteiger partial charge in [0.25, 0.3) is 5.91 Å². The summed E-state index contributed by atoms with van der Waals surface area (Å²) in [7, 11) is 0. The van der Waals surface area contributed by atoms with E-state index in [9.17, 15) is 4.79 Å². The average molecular weight is 349 g/mol. The number of carbonyl (C=O) groups excluding carboxylic acids is 1. The highest BCUT2D eigenvalue weighted by Gasteiger charge is 2.21. The number of aromatic nitrogens is 2. The van der Waals surface area contributed by atoms with Crippen LogP contribution in [0.5, 0.6) is 0 Å². The van der Waals surface area contributed by atoms with Crippen LogP contribution in [0.4, 0.5) is 5.69 Å². The van der Waals surface area contributed by atoms with E-state index in [0.29, 0.717) is 34.5 Å². The van der Waals surface area contributed by atoms with Gasteiger partial charge in [-0.15, -0.1) is 0 Å². The zero-order valence-corrected chi connectivity index (χ0v) is 14.5. The molecule has 1 aliphatic rings. The number of halogens is 1. The number of likely N-dealkylation sites (tertiary alicyclic amines) is 1. The molecule has 0 unspecified atom stereocenters. The van der Waals surface area contributed by atoms with Gasteiger partial charge in [-0.2, -0.15) is 4.98 Å². The number of piperidine rings is 1. The fourth-order valence-corrected chi connectivity index (χ4v) is 2.97. The molecule has 7 heteroatoms. The van der Waals surface area contributed by atoms with Crippen LogP contribution in [-0.2, 0) is 13.0 Å². The number of hydrogen-bond donors (Lipinski definition) is 1. The van der Waals surface area contributed by atoms with Gasteiger partial charge < -0.3 is 14.7 Å². The van der Waals surface area contributed by atoms with Crippen molar-refractivity contribution in [2.75, 3.05) is 18.4 Å². The quantitative estimate of drug-likeness (QED) is 0.895. The Balaban J connectivity index is 1.76. The monoisotopic (exact) mass is 348 g/mol. The maximum absolute atomic E-state index is 12.8. The summed E-state index contributed by atoms with van der Waals surface area (Å²) in [4.78, 5) is 18.9. The van der Waals surface area contributed by atoms with Gasteiger partial charge in [-0.25, -0.2) is 0 Å². The zero-order valence-electron chi connectivity index (χ0n) is 13.7. The molecule has 1 aromatic carbocycles. The Morgan fingerprint density at radius 3 is 2.83 bits per heavy atom. The second-order valence-electron chi connectivity index (χ2n) is 5.85. The largest absolute Gasteiger partial charge is 0.375 e. The number of rotatable bonds is 5. The van der Waals surface area contributed by atoms with Crippen molar-refractivity contribution in [2.24, 2.45) is 0 Å². The second kappa shape index (κ2) is 7.66. The minimum atomic E-state index is 0.0358. The summed E-state index contributed by atoms with van der Waals surface area (Å²) in [5.41, 5.74) is 1.31. The average Bonchev–Trinajstić information content (AvgIpc) is 3.08. The number of benzene rings is 1. The van der Waals surface area contributed by atoms with Gasteiger partial charge in [0.05, 0.1) is 12.1 Å². The molecule has 1 amide bonds. The lowest BCUT2D eigenvalue weighted by atomic mass is 10.1. The molecule has 128 valence electrons. The Morgan fingerprint density at radius 2 is 2.12 bits per heavy atom. The highest BCUT2D eigenvalue weighted by Crippen LogP contribution is 2.24. The SMILES string of the molecule is CCc1noc(CNc2cc(Cl)ccc2C(=O)N2CCCCC2)n1. The molecule has 2 heterocycles.